The number of likely N-dealkylation sites (N-methyl/N-ethyl adjacent to an activating group) is 1. The number of carbonyl (C=O) groups is 1. The van der Waals surface area contributed by atoms with Crippen molar-refractivity contribution in [3.05, 3.63) is 12.2 Å². The first kappa shape index (κ1) is 20.3. The predicted molar refractivity (Wildman–Crippen MR) is 87.8 cm³/mol. The molecule has 0 saturated carbocycles. The van der Waals surface area contributed by atoms with Crippen LogP contribution in [-0.4, -0.2) is 80.7 Å². The first-order valence-corrected chi connectivity index (χ1v) is 7.75. The Morgan fingerprint density at radius 2 is 2.08 bits per heavy atom. The molecule has 0 radical (unpaired) electrons. The number of aliphatic imine (C=N–C) groups is 1. The van der Waals surface area contributed by atoms with Crippen LogP contribution in [0.1, 0.15) is 13.3 Å². The zero-order chi connectivity index (χ0) is 18.3. The van der Waals surface area contributed by atoms with Crippen molar-refractivity contribution in [1.29, 1.82) is 0 Å². The van der Waals surface area contributed by atoms with E-state index in [2.05, 4.69) is 22.2 Å². The minimum atomic E-state index is -4.19. The lowest BCUT2D eigenvalue weighted by Crippen LogP contribution is -2.46. The second kappa shape index (κ2) is 8.91. The summed E-state index contributed by atoms with van der Waals surface area (Å²) in [7, 11) is 3.27. The fraction of sp³-hybridized carbons (Fsp3) is 0.733. The number of likely N-dealkylation sites (tertiary alicyclic amines) is 1. The summed E-state index contributed by atoms with van der Waals surface area (Å²) in [5.41, 5.74) is 0.883. The molecular weight excluding hydrogens is 323 g/mol. The van der Waals surface area contributed by atoms with Gasteiger partial charge in [0, 0.05) is 39.8 Å². The van der Waals surface area contributed by atoms with E-state index in [1.54, 1.807) is 14.1 Å². The summed E-state index contributed by atoms with van der Waals surface area (Å²) < 4.78 is 37.3. The van der Waals surface area contributed by atoms with Gasteiger partial charge in [0.25, 0.3) is 0 Å². The van der Waals surface area contributed by atoms with Gasteiger partial charge in [-0.3, -0.25) is 9.69 Å². The Balaban J connectivity index is 2.59. The summed E-state index contributed by atoms with van der Waals surface area (Å²) in [6, 6.07) is -0.141. The molecule has 1 fully saturated rings. The second-order valence-corrected chi connectivity index (χ2v) is 6.24. The van der Waals surface area contributed by atoms with Crippen LogP contribution in [0.5, 0.6) is 0 Å². The maximum atomic E-state index is 12.4. The number of carbonyl (C=O) groups excluding carboxylic acids is 1. The van der Waals surface area contributed by atoms with Crippen molar-refractivity contribution in [2.45, 2.75) is 25.6 Å². The van der Waals surface area contributed by atoms with E-state index in [1.165, 1.54) is 9.80 Å². The van der Waals surface area contributed by atoms with Crippen LogP contribution >= 0.6 is 0 Å². The minimum absolute atomic E-state index is 0.0302. The van der Waals surface area contributed by atoms with Gasteiger partial charge in [-0.2, -0.15) is 13.2 Å². The fourth-order valence-electron chi connectivity index (χ4n) is 2.22. The highest BCUT2D eigenvalue weighted by Gasteiger charge is 2.34. The average Bonchev–Trinajstić information content (AvgIpc) is 2.86. The molecule has 1 unspecified atom stereocenters. The van der Waals surface area contributed by atoms with Crippen LogP contribution in [0.4, 0.5) is 13.2 Å². The molecular formula is C15H26F3N5O. The molecule has 24 heavy (non-hydrogen) atoms. The summed E-state index contributed by atoms with van der Waals surface area (Å²) >= 11 is 0. The molecule has 0 aromatic rings. The molecule has 1 atom stereocenters. The van der Waals surface area contributed by atoms with Gasteiger partial charge in [0.2, 0.25) is 5.91 Å². The van der Waals surface area contributed by atoms with E-state index in [-0.39, 0.29) is 25.0 Å². The predicted octanol–water partition coefficient (Wildman–Crippen LogP) is 0.823. The Morgan fingerprint density at radius 1 is 1.42 bits per heavy atom. The van der Waals surface area contributed by atoms with Gasteiger partial charge in [-0.15, -0.1) is 0 Å². The number of hydrogen-bond acceptors (Lipinski definition) is 3. The lowest BCUT2D eigenvalue weighted by molar-refractivity contribution is -0.143. The van der Waals surface area contributed by atoms with E-state index in [4.69, 9.17) is 0 Å². The number of amides is 1. The molecule has 1 amide bonds. The lowest BCUT2D eigenvalue weighted by atomic mass is 10.3. The first-order valence-electron chi connectivity index (χ1n) is 7.75. The molecule has 0 aromatic carbocycles. The first-order chi connectivity index (χ1) is 11.1. The number of guanidine groups is 1. The Kier molecular flexibility index (Phi) is 7.53. The van der Waals surface area contributed by atoms with E-state index in [9.17, 15) is 18.0 Å². The van der Waals surface area contributed by atoms with Crippen LogP contribution in [0, 0.1) is 0 Å². The summed E-state index contributed by atoms with van der Waals surface area (Å²) in [6.45, 7) is 5.82. The van der Waals surface area contributed by atoms with Gasteiger partial charge in [0.15, 0.2) is 5.96 Å². The number of nitrogens with zero attached hydrogens (tertiary/aromatic N) is 3. The summed E-state index contributed by atoms with van der Waals surface area (Å²) in [6.07, 6.45) is -3.60. The number of nitrogens with one attached hydrogen (secondary N) is 2. The van der Waals surface area contributed by atoms with Crippen LogP contribution in [0.3, 0.4) is 0 Å². The van der Waals surface area contributed by atoms with Gasteiger partial charge in [-0.1, -0.05) is 12.2 Å². The van der Waals surface area contributed by atoms with E-state index < -0.39 is 12.7 Å². The monoisotopic (exact) mass is 349 g/mol. The van der Waals surface area contributed by atoms with Crippen molar-refractivity contribution in [1.82, 2.24) is 20.4 Å². The van der Waals surface area contributed by atoms with Crippen molar-refractivity contribution in [2.75, 3.05) is 46.8 Å². The average molecular weight is 349 g/mol. The minimum Gasteiger partial charge on any atom is -0.353 e. The highest BCUT2D eigenvalue weighted by atomic mass is 19.4. The molecule has 0 bridgehead atoms. The zero-order valence-corrected chi connectivity index (χ0v) is 14.4. The number of halogens is 3. The largest absolute Gasteiger partial charge is 0.401 e. The van der Waals surface area contributed by atoms with Crippen molar-refractivity contribution < 1.29 is 18.0 Å². The molecule has 1 aliphatic heterocycles. The summed E-state index contributed by atoms with van der Waals surface area (Å²) in [5.74, 6) is 0.253. The van der Waals surface area contributed by atoms with Crippen LogP contribution < -0.4 is 10.6 Å². The summed E-state index contributed by atoms with van der Waals surface area (Å²) in [4.78, 5) is 18.6. The molecule has 0 spiro atoms. The Morgan fingerprint density at radius 3 is 2.62 bits per heavy atom. The Hall–Kier alpha value is -1.77. The molecule has 0 aromatic heterocycles. The highest BCUT2D eigenvalue weighted by molar-refractivity contribution is 5.85. The lowest BCUT2D eigenvalue weighted by Gasteiger charge is -2.20. The third-order valence-corrected chi connectivity index (χ3v) is 3.44. The third kappa shape index (κ3) is 8.19. The molecule has 2 N–H and O–H groups in total. The molecule has 1 saturated heterocycles. The van der Waals surface area contributed by atoms with Gasteiger partial charge >= 0.3 is 6.18 Å². The molecule has 1 rings (SSSR count). The van der Waals surface area contributed by atoms with Crippen molar-refractivity contribution in [3.8, 4) is 0 Å². The standard InChI is InChI=1S/C15H26F3N5O/c1-11(2)7-19-14(20-8-13(24)22(3)4)21-12-5-6-23(9-12)10-15(16,17)18/h12H,1,5-10H2,2-4H3,(H2,19,20,21). The Bertz CT molecular complexity index is 476. The fourth-order valence-corrected chi connectivity index (χ4v) is 2.22. The normalized spacial score (nSPS) is 19.2. The van der Waals surface area contributed by atoms with Gasteiger partial charge in [0.1, 0.15) is 6.54 Å². The Labute approximate surface area is 140 Å². The van der Waals surface area contributed by atoms with Crippen LogP contribution in [0.2, 0.25) is 0 Å². The topological polar surface area (TPSA) is 60.0 Å². The maximum Gasteiger partial charge on any atom is 0.401 e. The van der Waals surface area contributed by atoms with E-state index in [1.807, 2.05) is 6.92 Å². The van der Waals surface area contributed by atoms with Gasteiger partial charge in [-0.25, -0.2) is 4.99 Å². The smallest absolute Gasteiger partial charge is 0.353 e. The zero-order valence-electron chi connectivity index (χ0n) is 14.4. The van der Waals surface area contributed by atoms with Crippen molar-refractivity contribution in [2.24, 2.45) is 4.99 Å². The second-order valence-electron chi connectivity index (χ2n) is 6.24. The summed E-state index contributed by atoms with van der Waals surface area (Å²) in [5, 5.41) is 6.13. The van der Waals surface area contributed by atoms with Crippen molar-refractivity contribution in [3.63, 3.8) is 0 Å². The molecule has 1 heterocycles. The van der Waals surface area contributed by atoms with Gasteiger partial charge in [-0.05, 0) is 13.3 Å². The van der Waals surface area contributed by atoms with Gasteiger partial charge < -0.3 is 15.5 Å². The number of hydrogen-bond donors (Lipinski definition) is 2. The van der Waals surface area contributed by atoms with E-state index in [0.29, 0.717) is 25.5 Å². The highest BCUT2D eigenvalue weighted by Crippen LogP contribution is 2.19. The SMILES string of the molecule is C=C(C)CNC(=NCC(=O)N(C)C)NC1CCN(CC(F)(F)F)C1. The quantitative estimate of drug-likeness (QED) is 0.424. The number of rotatable bonds is 6. The van der Waals surface area contributed by atoms with Crippen LogP contribution in [-0.2, 0) is 4.79 Å². The maximum absolute atomic E-state index is 12.4. The van der Waals surface area contributed by atoms with E-state index >= 15 is 0 Å². The molecule has 1 aliphatic rings. The molecule has 138 valence electrons. The number of alkyl halides is 3. The van der Waals surface area contributed by atoms with E-state index in [0.717, 1.165) is 5.57 Å². The van der Waals surface area contributed by atoms with Crippen LogP contribution in [0.25, 0.3) is 0 Å². The van der Waals surface area contributed by atoms with Crippen LogP contribution in [0.15, 0.2) is 17.1 Å². The molecule has 9 heteroatoms. The molecule has 6 nitrogen and oxygen atoms in total. The molecule has 0 aliphatic carbocycles. The third-order valence-electron chi connectivity index (χ3n) is 3.44. The van der Waals surface area contributed by atoms with Gasteiger partial charge in [0.05, 0.1) is 6.54 Å². The van der Waals surface area contributed by atoms with Crippen molar-refractivity contribution >= 4 is 11.9 Å².